The van der Waals surface area contributed by atoms with E-state index in [1.54, 1.807) is 6.07 Å². The fourth-order valence-electron chi connectivity index (χ4n) is 4.60. The number of amides is 1. The maximum atomic E-state index is 12.8. The Morgan fingerprint density at radius 1 is 1.14 bits per heavy atom. The quantitative estimate of drug-likeness (QED) is 0.239. The molecule has 3 aromatic carbocycles. The molecular weight excluding hydrogens is 468 g/mol. The number of nitrogens with zero attached hydrogens (tertiary/aromatic N) is 3. The van der Waals surface area contributed by atoms with E-state index in [1.165, 1.54) is 12.1 Å². The molecule has 1 fully saturated rings. The minimum Gasteiger partial charge on any atom is -0.356 e. The molecule has 1 aliphatic heterocycles. The number of fused-ring (bicyclic) bond motifs is 1. The van der Waals surface area contributed by atoms with Crippen LogP contribution in [-0.2, 0) is 16.0 Å². The number of benzene rings is 3. The molecule has 1 saturated heterocycles. The lowest BCUT2D eigenvalue weighted by atomic mass is 10.1. The fourth-order valence-corrected chi connectivity index (χ4v) is 4.60. The third-order valence-corrected chi connectivity index (χ3v) is 6.51. The highest BCUT2D eigenvalue weighted by Crippen LogP contribution is 2.32. The molecule has 1 amide bonds. The van der Waals surface area contributed by atoms with E-state index in [4.69, 9.17) is 9.84 Å². The summed E-state index contributed by atoms with van der Waals surface area (Å²) in [5, 5.41) is 20.0. The fraction of sp³-hybridized carbons (Fsp3) is 0.241. The molecule has 1 aromatic heterocycles. The summed E-state index contributed by atoms with van der Waals surface area (Å²) in [6, 6.07) is 20.1. The molecule has 1 aliphatic rings. The predicted molar refractivity (Wildman–Crippen MR) is 144 cm³/mol. The van der Waals surface area contributed by atoms with Gasteiger partial charge < -0.3 is 10.1 Å². The SMILES string of the molecule is Cc1cc2c(cc1NC(=O)Cc1ccccc1)c(C=Cc1cccc([N+](=O)[O-])c1)nn2C1CCCCO1. The molecule has 8 nitrogen and oxygen atoms in total. The monoisotopic (exact) mass is 496 g/mol. The topological polar surface area (TPSA) is 99.3 Å². The van der Waals surface area contributed by atoms with Crippen LogP contribution in [0.2, 0.25) is 0 Å². The number of hydrogen-bond donors (Lipinski definition) is 1. The highest BCUT2D eigenvalue weighted by atomic mass is 16.6. The van der Waals surface area contributed by atoms with Crippen LogP contribution in [0.25, 0.3) is 23.1 Å². The van der Waals surface area contributed by atoms with Crippen molar-refractivity contribution in [1.29, 1.82) is 0 Å². The van der Waals surface area contributed by atoms with Crippen molar-refractivity contribution in [1.82, 2.24) is 9.78 Å². The van der Waals surface area contributed by atoms with E-state index in [-0.39, 0.29) is 24.2 Å². The number of carbonyl (C=O) groups is 1. The average Bonchev–Trinajstić information content (AvgIpc) is 3.26. The number of nitro benzene ring substituents is 1. The van der Waals surface area contributed by atoms with E-state index in [9.17, 15) is 14.9 Å². The Hall–Kier alpha value is -4.30. The zero-order chi connectivity index (χ0) is 25.8. The van der Waals surface area contributed by atoms with Crippen LogP contribution in [0.4, 0.5) is 11.4 Å². The van der Waals surface area contributed by atoms with Crippen molar-refractivity contribution in [2.24, 2.45) is 0 Å². The molecule has 8 heteroatoms. The number of nitro groups is 1. The molecule has 0 bridgehead atoms. The van der Waals surface area contributed by atoms with E-state index >= 15 is 0 Å². The molecule has 1 N–H and O–H groups in total. The minimum atomic E-state index is -0.408. The number of nitrogens with one attached hydrogen (secondary N) is 1. The van der Waals surface area contributed by atoms with Gasteiger partial charge in [-0.1, -0.05) is 48.5 Å². The maximum absolute atomic E-state index is 12.8. The van der Waals surface area contributed by atoms with Crippen LogP contribution in [0, 0.1) is 17.0 Å². The highest BCUT2D eigenvalue weighted by molar-refractivity contribution is 5.98. The van der Waals surface area contributed by atoms with Crippen molar-refractivity contribution in [3.63, 3.8) is 0 Å². The second kappa shape index (κ2) is 10.8. The third-order valence-electron chi connectivity index (χ3n) is 6.51. The second-order valence-corrected chi connectivity index (χ2v) is 9.23. The number of carbonyl (C=O) groups excluding carboxylic acids is 1. The average molecular weight is 497 g/mol. The summed E-state index contributed by atoms with van der Waals surface area (Å²) in [6.45, 7) is 2.66. The first-order valence-electron chi connectivity index (χ1n) is 12.4. The van der Waals surface area contributed by atoms with Gasteiger partial charge in [0.25, 0.3) is 5.69 Å². The number of ether oxygens (including phenoxy) is 1. The van der Waals surface area contributed by atoms with Crippen LogP contribution < -0.4 is 5.32 Å². The summed E-state index contributed by atoms with van der Waals surface area (Å²) in [5.41, 5.74) is 4.96. The Bertz CT molecular complexity index is 1470. The van der Waals surface area contributed by atoms with Gasteiger partial charge in [-0.2, -0.15) is 5.10 Å². The van der Waals surface area contributed by atoms with Crippen molar-refractivity contribution in [2.75, 3.05) is 11.9 Å². The Labute approximate surface area is 214 Å². The normalized spacial score (nSPS) is 15.8. The molecule has 0 saturated carbocycles. The van der Waals surface area contributed by atoms with Gasteiger partial charge in [-0.05, 0) is 61.1 Å². The predicted octanol–water partition coefficient (Wildman–Crippen LogP) is 6.30. The Balaban J connectivity index is 1.51. The number of aromatic nitrogens is 2. The van der Waals surface area contributed by atoms with Gasteiger partial charge in [0, 0.05) is 29.8 Å². The summed E-state index contributed by atoms with van der Waals surface area (Å²) >= 11 is 0. The van der Waals surface area contributed by atoms with Crippen molar-refractivity contribution in [3.05, 3.63) is 99.2 Å². The van der Waals surface area contributed by atoms with Crippen molar-refractivity contribution >= 4 is 40.3 Å². The van der Waals surface area contributed by atoms with Gasteiger partial charge in [0.15, 0.2) is 6.23 Å². The molecule has 2 heterocycles. The van der Waals surface area contributed by atoms with Gasteiger partial charge in [0.2, 0.25) is 5.91 Å². The maximum Gasteiger partial charge on any atom is 0.270 e. The van der Waals surface area contributed by atoms with Gasteiger partial charge in [0.1, 0.15) is 0 Å². The minimum absolute atomic E-state index is 0.0344. The number of rotatable bonds is 7. The first-order chi connectivity index (χ1) is 18.0. The van der Waals surface area contributed by atoms with E-state index in [0.717, 1.165) is 47.0 Å². The van der Waals surface area contributed by atoms with Crippen LogP contribution in [0.1, 0.15) is 47.9 Å². The van der Waals surface area contributed by atoms with E-state index in [2.05, 4.69) is 5.32 Å². The van der Waals surface area contributed by atoms with Crippen molar-refractivity contribution < 1.29 is 14.5 Å². The zero-order valence-corrected chi connectivity index (χ0v) is 20.6. The summed E-state index contributed by atoms with van der Waals surface area (Å²) in [7, 11) is 0. The van der Waals surface area contributed by atoms with Gasteiger partial charge in [-0.15, -0.1) is 0 Å². The molecule has 37 heavy (non-hydrogen) atoms. The van der Waals surface area contributed by atoms with Gasteiger partial charge in [0.05, 0.1) is 22.6 Å². The summed E-state index contributed by atoms with van der Waals surface area (Å²) in [4.78, 5) is 23.5. The van der Waals surface area contributed by atoms with Crippen LogP contribution >= 0.6 is 0 Å². The lowest BCUT2D eigenvalue weighted by molar-refractivity contribution is -0.384. The standard InChI is InChI=1S/C29H28N4O4/c1-20-16-27-24(19-26(20)30-28(34)18-21-8-3-2-4-9-21)25(31-32(27)29-12-5-6-15-37-29)14-13-22-10-7-11-23(17-22)33(35)36/h2-4,7-11,13-14,16-17,19,29H,5-6,12,15,18H2,1H3,(H,30,34). The molecule has 0 aliphatic carbocycles. The lowest BCUT2D eigenvalue weighted by Gasteiger charge is -2.23. The highest BCUT2D eigenvalue weighted by Gasteiger charge is 2.21. The summed E-state index contributed by atoms with van der Waals surface area (Å²) in [5.74, 6) is -0.0923. The Morgan fingerprint density at radius 2 is 1.97 bits per heavy atom. The number of aryl methyl sites for hydroxylation is 1. The van der Waals surface area contributed by atoms with Gasteiger partial charge in [-0.25, -0.2) is 4.68 Å². The molecule has 0 radical (unpaired) electrons. The lowest BCUT2D eigenvalue weighted by Crippen LogP contribution is -2.19. The largest absolute Gasteiger partial charge is 0.356 e. The van der Waals surface area contributed by atoms with Crippen molar-refractivity contribution in [2.45, 2.75) is 38.8 Å². The van der Waals surface area contributed by atoms with Gasteiger partial charge in [-0.3, -0.25) is 14.9 Å². The van der Waals surface area contributed by atoms with E-state index in [1.807, 2.05) is 72.3 Å². The first-order valence-corrected chi connectivity index (χ1v) is 12.4. The molecule has 1 unspecified atom stereocenters. The molecule has 4 aromatic rings. The summed E-state index contributed by atoms with van der Waals surface area (Å²) < 4.78 is 7.94. The Kier molecular flexibility index (Phi) is 7.09. The van der Waals surface area contributed by atoms with E-state index in [0.29, 0.717) is 17.9 Å². The second-order valence-electron chi connectivity index (χ2n) is 9.23. The molecule has 188 valence electrons. The van der Waals surface area contributed by atoms with Crippen LogP contribution in [0.15, 0.2) is 66.7 Å². The number of anilines is 1. The van der Waals surface area contributed by atoms with Crippen LogP contribution in [-0.4, -0.2) is 27.2 Å². The molecule has 0 spiro atoms. The third kappa shape index (κ3) is 5.59. The molecule has 5 rings (SSSR count). The summed E-state index contributed by atoms with van der Waals surface area (Å²) in [6.07, 6.45) is 6.77. The zero-order valence-electron chi connectivity index (χ0n) is 20.6. The number of hydrogen-bond acceptors (Lipinski definition) is 5. The Morgan fingerprint density at radius 3 is 2.73 bits per heavy atom. The smallest absolute Gasteiger partial charge is 0.270 e. The number of non-ortho nitro benzene ring substituents is 1. The van der Waals surface area contributed by atoms with Crippen molar-refractivity contribution in [3.8, 4) is 0 Å². The van der Waals surface area contributed by atoms with Crippen LogP contribution in [0.3, 0.4) is 0 Å². The van der Waals surface area contributed by atoms with E-state index < -0.39 is 4.92 Å². The van der Waals surface area contributed by atoms with Crippen LogP contribution in [0.5, 0.6) is 0 Å². The molecular formula is C29H28N4O4. The van der Waals surface area contributed by atoms with Gasteiger partial charge >= 0.3 is 0 Å². The molecule has 1 atom stereocenters. The first kappa shape index (κ1) is 24.4.